The van der Waals surface area contributed by atoms with E-state index in [1.54, 1.807) is 12.1 Å². The number of guanidine groups is 1. The summed E-state index contributed by atoms with van der Waals surface area (Å²) in [6.07, 6.45) is 6.24. The molecule has 0 unspecified atom stereocenters. The second-order valence-corrected chi connectivity index (χ2v) is 7.42. The van der Waals surface area contributed by atoms with Crippen molar-refractivity contribution in [2.45, 2.75) is 56.5 Å². The van der Waals surface area contributed by atoms with Gasteiger partial charge in [0.2, 0.25) is 10.0 Å². The van der Waals surface area contributed by atoms with E-state index in [0.29, 0.717) is 12.6 Å². The third-order valence-corrected chi connectivity index (χ3v) is 4.89. The highest BCUT2D eigenvalue weighted by Gasteiger charge is 2.14. The van der Waals surface area contributed by atoms with E-state index in [-0.39, 0.29) is 4.90 Å². The van der Waals surface area contributed by atoms with Crippen LogP contribution in [0.5, 0.6) is 0 Å². The highest BCUT2D eigenvalue weighted by atomic mass is 32.2. The predicted octanol–water partition coefficient (Wildman–Crippen LogP) is 1.72. The van der Waals surface area contributed by atoms with E-state index in [4.69, 9.17) is 5.14 Å². The van der Waals surface area contributed by atoms with Crippen LogP contribution < -0.4 is 15.8 Å². The minimum absolute atomic E-state index is 0.123. The molecular weight excluding hydrogens is 312 g/mol. The van der Waals surface area contributed by atoms with Gasteiger partial charge in [-0.15, -0.1) is 0 Å². The van der Waals surface area contributed by atoms with Gasteiger partial charge in [-0.2, -0.15) is 0 Å². The molecule has 0 radical (unpaired) electrons. The fraction of sp³-hybridized carbons (Fsp3) is 0.562. The first kappa shape index (κ1) is 17.7. The molecule has 0 saturated heterocycles. The summed E-state index contributed by atoms with van der Waals surface area (Å²) in [5.74, 6) is 0.815. The Kier molecular flexibility index (Phi) is 6.41. The molecule has 2 rings (SSSR count). The summed E-state index contributed by atoms with van der Waals surface area (Å²) in [5.41, 5.74) is 0.943. The maximum absolute atomic E-state index is 11.2. The first-order chi connectivity index (χ1) is 11.0. The molecule has 0 aromatic heterocycles. The number of benzene rings is 1. The Bertz CT molecular complexity index is 620. The van der Waals surface area contributed by atoms with Crippen molar-refractivity contribution >= 4 is 16.0 Å². The summed E-state index contributed by atoms with van der Waals surface area (Å²) in [4.78, 5) is 4.71. The number of nitrogens with zero attached hydrogens (tertiary/aromatic N) is 1. The summed E-state index contributed by atoms with van der Waals surface area (Å²) < 4.78 is 22.5. The normalized spacial score (nSPS) is 17.0. The number of rotatable bonds is 5. The summed E-state index contributed by atoms with van der Waals surface area (Å²) in [6, 6.07) is 7.01. The van der Waals surface area contributed by atoms with Crippen LogP contribution in [0.4, 0.5) is 0 Å². The van der Waals surface area contributed by atoms with Crippen molar-refractivity contribution in [1.82, 2.24) is 10.6 Å². The highest BCUT2D eigenvalue weighted by Crippen LogP contribution is 2.17. The Labute approximate surface area is 138 Å². The second kappa shape index (κ2) is 8.31. The Morgan fingerprint density at radius 1 is 1.22 bits per heavy atom. The zero-order chi connectivity index (χ0) is 16.7. The minimum atomic E-state index is -3.64. The maximum atomic E-state index is 11.2. The second-order valence-electron chi connectivity index (χ2n) is 5.86. The summed E-state index contributed by atoms with van der Waals surface area (Å²) in [5, 5.41) is 11.8. The molecule has 1 saturated carbocycles. The molecule has 0 aliphatic heterocycles. The van der Waals surface area contributed by atoms with Crippen molar-refractivity contribution in [3.63, 3.8) is 0 Å². The van der Waals surface area contributed by atoms with E-state index >= 15 is 0 Å². The first-order valence-corrected chi connectivity index (χ1v) is 9.70. The average Bonchev–Trinajstić information content (AvgIpc) is 2.53. The zero-order valence-electron chi connectivity index (χ0n) is 13.6. The summed E-state index contributed by atoms with van der Waals surface area (Å²) in [6.45, 7) is 3.34. The van der Waals surface area contributed by atoms with Crippen molar-refractivity contribution < 1.29 is 8.42 Å². The molecule has 128 valence electrons. The third kappa shape index (κ3) is 5.84. The zero-order valence-corrected chi connectivity index (χ0v) is 14.4. The minimum Gasteiger partial charge on any atom is -0.357 e. The predicted molar refractivity (Wildman–Crippen MR) is 92.6 cm³/mol. The molecule has 7 heteroatoms. The van der Waals surface area contributed by atoms with Crippen LogP contribution in [-0.2, 0) is 16.6 Å². The molecule has 0 amide bonds. The summed E-state index contributed by atoms with van der Waals surface area (Å²) >= 11 is 0. The topological polar surface area (TPSA) is 96.6 Å². The standard InChI is InChI=1S/C16H26N4O2S/c1-2-18-16(20-14-6-4-3-5-7-14)19-12-13-8-10-15(11-9-13)23(17,21)22/h8-11,14H,2-7,12H2,1H3,(H2,17,21,22)(H2,18,19,20). The van der Waals surface area contributed by atoms with E-state index in [1.165, 1.54) is 44.2 Å². The molecule has 1 aromatic carbocycles. The summed E-state index contributed by atoms with van der Waals surface area (Å²) in [7, 11) is -3.64. The lowest BCUT2D eigenvalue weighted by molar-refractivity contribution is 0.410. The van der Waals surface area contributed by atoms with E-state index in [0.717, 1.165) is 18.1 Å². The molecule has 0 spiro atoms. The molecule has 23 heavy (non-hydrogen) atoms. The van der Waals surface area contributed by atoms with Crippen LogP contribution in [-0.4, -0.2) is 27.0 Å². The molecule has 0 atom stereocenters. The number of sulfonamides is 1. The number of nitrogens with one attached hydrogen (secondary N) is 2. The molecule has 6 nitrogen and oxygen atoms in total. The van der Waals surface area contributed by atoms with Crippen molar-refractivity contribution in [1.29, 1.82) is 0 Å². The van der Waals surface area contributed by atoms with Gasteiger partial charge in [0.25, 0.3) is 0 Å². The molecule has 1 fully saturated rings. The van der Waals surface area contributed by atoms with Crippen LogP contribution in [0.15, 0.2) is 34.2 Å². The van der Waals surface area contributed by atoms with Gasteiger partial charge in [-0.3, -0.25) is 0 Å². The Morgan fingerprint density at radius 2 is 1.87 bits per heavy atom. The SMILES string of the molecule is CCNC(=NCc1ccc(S(N)(=O)=O)cc1)NC1CCCCC1. The monoisotopic (exact) mass is 338 g/mol. The molecule has 1 aromatic rings. The maximum Gasteiger partial charge on any atom is 0.238 e. The number of hydrogen-bond acceptors (Lipinski definition) is 3. The van der Waals surface area contributed by atoms with Crippen LogP contribution in [0.3, 0.4) is 0 Å². The lowest BCUT2D eigenvalue weighted by Crippen LogP contribution is -2.44. The Hall–Kier alpha value is -1.60. The van der Waals surface area contributed by atoms with Crippen molar-refractivity contribution in [2.24, 2.45) is 10.1 Å². The van der Waals surface area contributed by atoms with Gasteiger partial charge < -0.3 is 10.6 Å². The van der Waals surface area contributed by atoms with E-state index in [1.807, 2.05) is 6.92 Å². The highest BCUT2D eigenvalue weighted by molar-refractivity contribution is 7.89. The van der Waals surface area contributed by atoms with Gasteiger partial charge in [-0.05, 0) is 37.5 Å². The fourth-order valence-corrected chi connectivity index (χ4v) is 3.23. The van der Waals surface area contributed by atoms with Crippen LogP contribution >= 0.6 is 0 Å². The molecule has 0 bridgehead atoms. The van der Waals surface area contributed by atoms with E-state index in [9.17, 15) is 8.42 Å². The Morgan fingerprint density at radius 3 is 2.43 bits per heavy atom. The molecule has 1 aliphatic rings. The van der Waals surface area contributed by atoms with Gasteiger partial charge in [-0.25, -0.2) is 18.5 Å². The quantitative estimate of drug-likeness (QED) is 0.562. The van der Waals surface area contributed by atoms with E-state index in [2.05, 4.69) is 15.6 Å². The lowest BCUT2D eigenvalue weighted by atomic mass is 9.96. The number of hydrogen-bond donors (Lipinski definition) is 3. The van der Waals surface area contributed by atoms with E-state index < -0.39 is 10.0 Å². The smallest absolute Gasteiger partial charge is 0.238 e. The van der Waals surface area contributed by atoms with Crippen molar-refractivity contribution in [3.05, 3.63) is 29.8 Å². The van der Waals surface area contributed by atoms with Gasteiger partial charge in [0.15, 0.2) is 5.96 Å². The van der Waals surface area contributed by atoms with Crippen molar-refractivity contribution in [3.8, 4) is 0 Å². The Balaban J connectivity index is 1.99. The molecule has 1 aliphatic carbocycles. The lowest BCUT2D eigenvalue weighted by Gasteiger charge is -2.24. The van der Waals surface area contributed by atoms with Gasteiger partial charge in [0.1, 0.15) is 0 Å². The van der Waals surface area contributed by atoms with Crippen LogP contribution in [0.2, 0.25) is 0 Å². The molecule has 0 heterocycles. The largest absolute Gasteiger partial charge is 0.357 e. The fourth-order valence-electron chi connectivity index (χ4n) is 2.72. The van der Waals surface area contributed by atoms with Crippen LogP contribution in [0, 0.1) is 0 Å². The third-order valence-electron chi connectivity index (χ3n) is 3.96. The van der Waals surface area contributed by atoms with Crippen LogP contribution in [0.1, 0.15) is 44.6 Å². The van der Waals surface area contributed by atoms with Gasteiger partial charge in [0, 0.05) is 12.6 Å². The van der Waals surface area contributed by atoms with Gasteiger partial charge in [0.05, 0.1) is 11.4 Å². The first-order valence-electron chi connectivity index (χ1n) is 8.15. The molecular formula is C16H26N4O2S. The number of aliphatic imine (C=N–C) groups is 1. The molecule has 4 N–H and O–H groups in total. The van der Waals surface area contributed by atoms with Crippen molar-refractivity contribution in [2.75, 3.05) is 6.54 Å². The van der Waals surface area contributed by atoms with Gasteiger partial charge in [-0.1, -0.05) is 31.4 Å². The number of primary sulfonamides is 1. The van der Waals surface area contributed by atoms with Gasteiger partial charge >= 0.3 is 0 Å². The number of nitrogens with two attached hydrogens (primary N) is 1. The average molecular weight is 338 g/mol. The van der Waals surface area contributed by atoms with Crippen LogP contribution in [0.25, 0.3) is 0 Å².